The third-order valence-electron chi connectivity index (χ3n) is 6.65. The molecule has 0 fully saturated rings. The molecule has 0 saturated carbocycles. The number of furan rings is 1. The third kappa shape index (κ3) is 5.93. The van der Waals surface area contributed by atoms with Crippen LogP contribution in [-0.2, 0) is 25.5 Å². The van der Waals surface area contributed by atoms with Gasteiger partial charge in [-0.2, -0.15) is 5.10 Å². The molecule has 200 valence electrons. The molecule has 1 aliphatic heterocycles. The SMILES string of the molecule is CC(C)[C@@H](NC(=O)Cc1cccc2ccccc12)C(=O)OCC(=O)N1N=C(c2cccs2)C[C@H]1c1ccco1. The predicted molar refractivity (Wildman–Crippen MR) is 149 cm³/mol. The molecule has 2 aromatic heterocycles. The molecule has 0 unspecified atom stereocenters. The smallest absolute Gasteiger partial charge is 0.329 e. The van der Waals surface area contributed by atoms with E-state index in [1.165, 1.54) is 5.01 Å². The Bertz CT molecular complexity index is 1490. The minimum absolute atomic E-state index is 0.121. The van der Waals surface area contributed by atoms with E-state index < -0.39 is 30.6 Å². The molecule has 0 saturated heterocycles. The Morgan fingerprint density at radius 2 is 1.90 bits per heavy atom. The molecule has 1 N–H and O–H groups in total. The zero-order valence-corrected chi connectivity index (χ0v) is 22.5. The normalized spacial score (nSPS) is 15.8. The first kappa shape index (κ1) is 26.4. The summed E-state index contributed by atoms with van der Waals surface area (Å²) in [5, 5.41) is 12.6. The first-order valence-electron chi connectivity index (χ1n) is 12.8. The summed E-state index contributed by atoms with van der Waals surface area (Å²) in [4.78, 5) is 40.1. The molecule has 9 heteroatoms. The van der Waals surface area contributed by atoms with Crippen molar-refractivity contribution in [3.63, 3.8) is 0 Å². The number of carbonyl (C=O) groups is 3. The quantitative estimate of drug-likeness (QED) is 0.296. The molecule has 0 bridgehead atoms. The second-order valence-electron chi connectivity index (χ2n) is 9.71. The highest BCUT2D eigenvalue weighted by atomic mass is 32.1. The van der Waals surface area contributed by atoms with Crippen molar-refractivity contribution in [2.45, 2.75) is 38.8 Å². The fourth-order valence-electron chi connectivity index (χ4n) is 4.67. The molecule has 2 aromatic carbocycles. The van der Waals surface area contributed by atoms with Crippen LogP contribution in [0, 0.1) is 5.92 Å². The Kier molecular flexibility index (Phi) is 7.88. The second-order valence-corrected chi connectivity index (χ2v) is 10.7. The summed E-state index contributed by atoms with van der Waals surface area (Å²) in [6, 6.07) is 19.8. The van der Waals surface area contributed by atoms with Crippen LogP contribution >= 0.6 is 11.3 Å². The van der Waals surface area contributed by atoms with Crippen molar-refractivity contribution in [3.05, 3.63) is 94.6 Å². The van der Waals surface area contributed by atoms with Gasteiger partial charge in [-0.05, 0) is 45.8 Å². The van der Waals surface area contributed by atoms with Crippen LogP contribution in [0.2, 0.25) is 0 Å². The van der Waals surface area contributed by atoms with Gasteiger partial charge in [0, 0.05) is 6.42 Å². The largest absolute Gasteiger partial charge is 0.467 e. The van der Waals surface area contributed by atoms with Gasteiger partial charge in [0.15, 0.2) is 6.61 Å². The summed E-state index contributed by atoms with van der Waals surface area (Å²) in [6.07, 6.45) is 2.16. The van der Waals surface area contributed by atoms with Crippen molar-refractivity contribution in [1.29, 1.82) is 0 Å². The standard InChI is InChI=1S/C30H29N3O5S/c1-19(2)29(31-27(34)16-21-10-5-9-20-8-3-4-11-22(20)21)30(36)38-18-28(35)33-24(25-12-6-14-37-25)17-23(32-33)26-13-7-15-39-26/h3-15,19,24,29H,16-18H2,1-2H3,(H,31,34)/t24-,29+/m0/s1. The number of rotatable bonds is 9. The number of benzene rings is 2. The van der Waals surface area contributed by atoms with Gasteiger partial charge in [0.2, 0.25) is 5.91 Å². The highest BCUT2D eigenvalue weighted by molar-refractivity contribution is 7.12. The van der Waals surface area contributed by atoms with Crippen molar-refractivity contribution in [2.75, 3.05) is 6.61 Å². The fraction of sp³-hybridized carbons (Fsp3) is 0.267. The molecule has 1 aliphatic rings. The van der Waals surface area contributed by atoms with Crippen LogP contribution in [0.5, 0.6) is 0 Å². The predicted octanol–water partition coefficient (Wildman–Crippen LogP) is 5.10. The number of hydrogen-bond acceptors (Lipinski definition) is 7. The van der Waals surface area contributed by atoms with Gasteiger partial charge in [-0.15, -0.1) is 11.3 Å². The maximum Gasteiger partial charge on any atom is 0.329 e. The summed E-state index contributed by atoms with van der Waals surface area (Å²) in [7, 11) is 0. The molecule has 3 heterocycles. The molecule has 2 amide bonds. The van der Waals surface area contributed by atoms with E-state index in [9.17, 15) is 14.4 Å². The van der Waals surface area contributed by atoms with Gasteiger partial charge in [0.25, 0.3) is 5.91 Å². The number of fused-ring (bicyclic) bond motifs is 1. The van der Waals surface area contributed by atoms with Crippen molar-refractivity contribution in [3.8, 4) is 0 Å². The van der Waals surface area contributed by atoms with Gasteiger partial charge >= 0.3 is 5.97 Å². The van der Waals surface area contributed by atoms with Gasteiger partial charge in [0.05, 0.1) is 23.3 Å². The molecule has 5 rings (SSSR count). The van der Waals surface area contributed by atoms with Gasteiger partial charge in [-0.25, -0.2) is 9.80 Å². The van der Waals surface area contributed by atoms with Crippen LogP contribution in [0.1, 0.15) is 42.5 Å². The lowest BCUT2D eigenvalue weighted by atomic mass is 10.0. The maximum atomic E-state index is 13.2. The number of esters is 1. The lowest BCUT2D eigenvalue weighted by Gasteiger charge is -2.23. The molecular formula is C30H29N3O5S. The Balaban J connectivity index is 1.23. The number of carbonyl (C=O) groups excluding carboxylic acids is 3. The van der Waals surface area contributed by atoms with Crippen molar-refractivity contribution in [1.82, 2.24) is 10.3 Å². The van der Waals surface area contributed by atoms with Crippen LogP contribution in [-0.4, -0.2) is 41.2 Å². The molecule has 4 aromatic rings. The maximum absolute atomic E-state index is 13.2. The molecule has 8 nitrogen and oxygen atoms in total. The van der Waals surface area contributed by atoms with E-state index in [1.807, 2.05) is 73.8 Å². The van der Waals surface area contributed by atoms with Crippen molar-refractivity contribution in [2.24, 2.45) is 11.0 Å². The Morgan fingerprint density at radius 1 is 1.08 bits per heavy atom. The molecule has 0 radical (unpaired) electrons. The van der Waals surface area contributed by atoms with Crippen molar-refractivity contribution >= 4 is 45.6 Å². The van der Waals surface area contributed by atoms with Gasteiger partial charge in [-0.3, -0.25) is 9.59 Å². The number of hydrogen-bond donors (Lipinski definition) is 1. The number of thiophene rings is 1. The van der Waals surface area contributed by atoms with Gasteiger partial charge in [-0.1, -0.05) is 62.4 Å². The molecular weight excluding hydrogens is 514 g/mol. The number of ether oxygens (including phenoxy) is 1. The second kappa shape index (κ2) is 11.7. The van der Waals surface area contributed by atoms with E-state index in [1.54, 1.807) is 29.7 Å². The number of nitrogens with zero attached hydrogens (tertiary/aromatic N) is 2. The van der Waals surface area contributed by atoms with Gasteiger partial charge in [0.1, 0.15) is 17.8 Å². The molecule has 0 spiro atoms. The average molecular weight is 544 g/mol. The highest BCUT2D eigenvalue weighted by Gasteiger charge is 2.36. The number of amides is 2. The van der Waals surface area contributed by atoms with E-state index in [-0.39, 0.29) is 18.2 Å². The molecule has 0 aliphatic carbocycles. The van der Waals surface area contributed by atoms with E-state index in [4.69, 9.17) is 9.15 Å². The highest BCUT2D eigenvalue weighted by Crippen LogP contribution is 2.34. The van der Waals surface area contributed by atoms with E-state index in [2.05, 4.69) is 10.4 Å². The Hall–Kier alpha value is -4.24. The minimum Gasteiger partial charge on any atom is -0.467 e. The van der Waals surface area contributed by atoms with Crippen LogP contribution in [0.4, 0.5) is 0 Å². The topological polar surface area (TPSA) is 101 Å². The van der Waals surface area contributed by atoms with Crippen LogP contribution in [0.25, 0.3) is 10.8 Å². The summed E-state index contributed by atoms with van der Waals surface area (Å²) < 4.78 is 11.0. The first-order chi connectivity index (χ1) is 18.9. The van der Waals surface area contributed by atoms with Crippen molar-refractivity contribution < 1.29 is 23.5 Å². The Morgan fingerprint density at radius 3 is 2.64 bits per heavy atom. The Labute approximate surface area is 230 Å². The van der Waals surface area contributed by atoms with Gasteiger partial charge < -0.3 is 14.5 Å². The molecule has 39 heavy (non-hydrogen) atoms. The minimum atomic E-state index is -0.898. The van der Waals surface area contributed by atoms with Crippen LogP contribution in [0.15, 0.2) is 87.9 Å². The van der Waals surface area contributed by atoms with Crippen LogP contribution < -0.4 is 5.32 Å². The fourth-order valence-corrected chi connectivity index (χ4v) is 5.39. The summed E-state index contributed by atoms with van der Waals surface area (Å²) in [5.74, 6) is -1.07. The van der Waals surface area contributed by atoms with E-state index in [0.717, 1.165) is 26.9 Å². The number of hydrazone groups is 1. The van der Waals surface area contributed by atoms with E-state index >= 15 is 0 Å². The zero-order chi connectivity index (χ0) is 27.4. The average Bonchev–Trinajstić information content (AvgIpc) is 3.72. The van der Waals surface area contributed by atoms with Crippen LogP contribution in [0.3, 0.4) is 0 Å². The summed E-state index contributed by atoms with van der Waals surface area (Å²) in [5.41, 5.74) is 1.64. The lowest BCUT2D eigenvalue weighted by molar-refractivity contribution is -0.156. The molecule has 2 atom stereocenters. The third-order valence-corrected chi connectivity index (χ3v) is 7.57. The number of nitrogens with one attached hydrogen (secondary N) is 1. The lowest BCUT2D eigenvalue weighted by Crippen LogP contribution is -2.46. The first-order valence-corrected chi connectivity index (χ1v) is 13.7. The van der Waals surface area contributed by atoms with E-state index in [0.29, 0.717) is 12.2 Å². The monoisotopic (exact) mass is 543 g/mol. The summed E-state index contributed by atoms with van der Waals surface area (Å²) in [6.45, 7) is 3.13. The summed E-state index contributed by atoms with van der Waals surface area (Å²) >= 11 is 1.54. The zero-order valence-electron chi connectivity index (χ0n) is 21.7.